The molecule has 2 aromatic rings. The predicted molar refractivity (Wildman–Crippen MR) is 121 cm³/mol. The monoisotopic (exact) mass is 482 g/mol. The second kappa shape index (κ2) is 10.1. The van der Waals surface area contributed by atoms with Crippen molar-refractivity contribution < 1.29 is 0 Å². The molecule has 2 heterocycles. The summed E-state index contributed by atoms with van der Waals surface area (Å²) in [4.78, 5) is 4.77. The van der Waals surface area contributed by atoms with E-state index in [1.165, 1.54) is 16.7 Å². The van der Waals surface area contributed by atoms with E-state index in [9.17, 15) is 0 Å². The van der Waals surface area contributed by atoms with E-state index < -0.39 is 0 Å². The zero-order chi connectivity index (χ0) is 18.5. The summed E-state index contributed by atoms with van der Waals surface area (Å²) in [6.45, 7) is 11.9. The van der Waals surface area contributed by atoms with Gasteiger partial charge < -0.3 is 15.2 Å². The Morgan fingerprint density at radius 2 is 2.04 bits per heavy atom. The highest BCUT2D eigenvalue weighted by Gasteiger charge is 2.21. The van der Waals surface area contributed by atoms with Crippen LogP contribution in [-0.2, 0) is 19.5 Å². The lowest BCUT2D eigenvalue weighted by Gasteiger charge is -2.25. The molecule has 0 saturated carbocycles. The van der Waals surface area contributed by atoms with Gasteiger partial charge in [0.25, 0.3) is 0 Å². The Bertz CT molecular complexity index is 783. The van der Waals surface area contributed by atoms with Gasteiger partial charge in [0.1, 0.15) is 11.6 Å². The maximum atomic E-state index is 4.77. The van der Waals surface area contributed by atoms with E-state index in [0.717, 1.165) is 50.1 Å². The Hall–Kier alpha value is -1.64. The molecule has 3 rings (SSSR count). The van der Waals surface area contributed by atoms with Crippen LogP contribution in [0.25, 0.3) is 0 Å². The molecule has 0 amide bonds. The van der Waals surface area contributed by atoms with E-state index in [1.54, 1.807) is 0 Å². The van der Waals surface area contributed by atoms with Crippen LogP contribution in [0, 0.1) is 26.7 Å². The largest absolute Gasteiger partial charge is 0.357 e. The van der Waals surface area contributed by atoms with Crippen LogP contribution in [-0.4, -0.2) is 33.8 Å². The maximum Gasteiger partial charge on any atom is 0.191 e. The van der Waals surface area contributed by atoms with Gasteiger partial charge in [0, 0.05) is 26.1 Å². The first-order valence-electron chi connectivity index (χ1n) is 9.53. The van der Waals surface area contributed by atoms with Crippen molar-refractivity contribution in [1.82, 2.24) is 25.4 Å². The van der Waals surface area contributed by atoms with Gasteiger partial charge in [-0.15, -0.1) is 34.2 Å². The van der Waals surface area contributed by atoms with Gasteiger partial charge in [-0.1, -0.05) is 23.8 Å². The summed E-state index contributed by atoms with van der Waals surface area (Å²) in [6, 6.07) is 6.54. The van der Waals surface area contributed by atoms with Gasteiger partial charge in [-0.05, 0) is 51.2 Å². The zero-order valence-corrected chi connectivity index (χ0v) is 19.1. The maximum absolute atomic E-state index is 4.77. The number of aliphatic imine (C=N–C) groups is 1. The van der Waals surface area contributed by atoms with Crippen LogP contribution in [0.1, 0.15) is 41.7 Å². The molecule has 27 heavy (non-hydrogen) atoms. The summed E-state index contributed by atoms with van der Waals surface area (Å²) < 4.78 is 2.25. The molecule has 0 radical (unpaired) electrons. The van der Waals surface area contributed by atoms with Gasteiger partial charge >= 0.3 is 0 Å². The first-order valence-corrected chi connectivity index (χ1v) is 9.53. The fourth-order valence-corrected chi connectivity index (χ4v) is 3.47. The lowest BCUT2D eigenvalue weighted by atomic mass is 9.99. The van der Waals surface area contributed by atoms with Crippen molar-refractivity contribution in [1.29, 1.82) is 0 Å². The summed E-state index contributed by atoms with van der Waals surface area (Å²) in [6.07, 6.45) is 2.14. The van der Waals surface area contributed by atoms with Crippen LogP contribution in [0.3, 0.4) is 0 Å². The Morgan fingerprint density at radius 1 is 1.22 bits per heavy atom. The number of aryl methyl sites for hydroxylation is 4. The van der Waals surface area contributed by atoms with Crippen LogP contribution >= 0.6 is 24.0 Å². The van der Waals surface area contributed by atoms with E-state index in [1.807, 2.05) is 6.92 Å². The van der Waals surface area contributed by atoms with E-state index >= 15 is 0 Å². The van der Waals surface area contributed by atoms with Crippen LogP contribution in [0.15, 0.2) is 23.2 Å². The van der Waals surface area contributed by atoms with Crippen molar-refractivity contribution in [2.24, 2.45) is 10.9 Å². The van der Waals surface area contributed by atoms with Gasteiger partial charge in [0.05, 0.1) is 6.54 Å². The summed E-state index contributed by atoms with van der Waals surface area (Å²) in [7, 11) is 0. The highest BCUT2D eigenvalue weighted by molar-refractivity contribution is 14.0. The molecular formula is C20H31IN6. The van der Waals surface area contributed by atoms with Gasteiger partial charge in [-0.3, -0.25) is 0 Å². The molecule has 1 aliphatic heterocycles. The number of halogens is 1. The molecule has 1 aliphatic rings. The fourth-order valence-electron chi connectivity index (χ4n) is 3.47. The predicted octanol–water partition coefficient (Wildman–Crippen LogP) is 3.14. The second-order valence-electron chi connectivity index (χ2n) is 7.18. The van der Waals surface area contributed by atoms with Gasteiger partial charge in [0.2, 0.25) is 0 Å². The van der Waals surface area contributed by atoms with Crippen molar-refractivity contribution in [3.05, 3.63) is 46.5 Å². The minimum absolute atomic E-state index is 0. The molecule has 0 saturated heterocycles. The number of hydrogen-bond acceptors (Lipinski definition) is 3. The first kappa shape index (κ1) is 21.7. The summed E-state index contributed by atoms with van der Waals surface area (Å²) in [5.74, 6) is 3.59. The SMILES string of the molecule is CCNC(=NCc1ccc(C)cc1C)NCC1CCc2nnc(C)n2C1.I. The molecule has 6 nitrogen and oxygen atoms in total. The molecule has 7 heteroatoms. The Labute approximate surface area is 179 Å². The minimum Gasteiger partial charge on any atom is -0.357 e. The lowest BCUT2D eigenvalue weighted by Crippen LogP contribution is -2.41. The quantitative estimate of drug-likeness (QED) is 0.391. The van der Waals surface area contributed by atoms with Gasteiger partial charge in [0.15, 0.2) is 5.96 Å². The highest BCUT2D eigenvalue weighted by Crippen LogP contribution is 2.19. The smallest absolute Gasteiger partial charge is 0.191 e. The van der Waals surface area contributed by atoms with Crippen molar-refractivity contribution >= 4 is 29.9 Å². The molecule has 148 valence electrons. The summed E-state index contributed by atoms with van der Waals surface area (Å²) >= 11 is 0. The van der Waals surface area contributed by atoms with E-state index in [-0.39, 0.29) is 24.0 Å². The first-order chi connectivity index (χ1) is 12.6. The zero-order valence-electron chi connectivity index (χ0n) is 16.7. The molecule has 2 N–H and O–H groups in total. The summed E-state index contributed by atoms with van der Waals surface area (Å²) in [5, 5.41) is 15.3. The Kier molecular flexibility index (Phi) is 8.07. The molecule has 0 aliphatic carbocycles. The number of benzene rings is 1. The number of guanidine groups is 1. The third-order valence-corrected chi connectivity index (χ3v) is 5.04. The van der Waals surface area contributed by atoms with Crippen LogP contribution in [0.5, 0.6) is 0 Å². The number of nitrogens with zero attached hydrogens (tertiary/aromatic N) is 4. The molecule has 0 spiro atoms. The molecule has 1 aromatic heterocycles. The fraction of sp³-hybridized carbons (Fsp3) is 0.550. The molecule has 1 aromatic carbocycles. The van der Waals surface area contributed by atoms with E-state index in [4.69, 9.17) is 4.99 Å². The normalized spacial score (nSPS) is 16.4. The van der Waals surface area contributed by atoms with Crippen LogP contribution in [0.4, 0.5) is 0 Å². The van der Waals surface area contributed by atoms with Crippen LogP contribution < -0.4 is 10.6 Å². The molecule has 1 atom stereocenters. The Morgan fingerprint density at radius 3 is 2.78 bits per heavy atom. The second-order valence-corrected chi connectivity index (χ2v) is 7.18. The van der Waals surface area contributed by atoms with Gasteiger partial charge in [-0.25, -0.2) is 4.99 Å². The highest BCUT2D eigenvalue weighted by atomic mass is 127. The average molecular weight is 482 g/mol. The van der Waals surface area contributed by atoms with Crippen molar-refractivity contribution in [3.63, 3.8) is 0 Å². The van der Waals surface area contributed by atoms with E-state index in [0.29, 0.717) is 12.5 Å². The van der Waals surface area contributed by atoms with Crippen molar-refractivity contribution in [3.8, 4) is 0 Å². The number of nitrogens with one attached hydrogen (secondary N) is 2. The van der Waals surface area contributed by atoms with E-state index in [2.05, 4.69) is 64.4 Å². The van der Waals surface area contributed by atoms with Crippen molar-refractivity contribution in [2.75, 3.05) is 13.1 Å². The number of aromatic nitrogens is 3. The molecular weight excluding hydrogens is 451 g/mol. The minimum atomic E-state index is 0. The molecule has 1 unspecified atom stereocenters. The number of hydrogen-bond donors (Lipinski definition) is 2. The Balaban J connectivity index is 0.00000261. The molecule has 0 bridgehead atoms. The van der Waals surface area contributed by atoms with Crippen LogP contribution in [0.2, 0.25) is 0 Å². The average Bonchev–Trinajstić information content (AvgIpc) is 2.99. The summed E-state index contributed by atoms with van der Waals surface area (Å²) in [5.41, 5.74) is 3.86. The third kappa shape index (κ3) is 5.67. The van der Waals surface area contributed by atoms with Crippen molar-refractivity contribution in [2.45, 2.75) is 53.6 Å². The topological polar surface area (TPSA) is 67.1 Å². The molecule has 0 fully saturated rings. The number of fused-ring (bicyclic) bond motifs is 1. The van der Waals surface area contributed by atoms with Gasteiger partial charge in [-0.2, -0.15) is 0 Å². The standard InChI is InChI=1S/C20H30N6.HI/c1-5-21-20(23-12-18-8-6-14(2)10-15(18)3)22-11-17-7-9-19-25-24-16(4)26(19)13-17;/h6,8,10,17H,5,7,9,11-13H2,1-4H3,(H2,21,22,23);1H. The lowest BCUT2D eigenvalue weighted by molar-refractivity contribution is 0.358. The third-order valence-electron chi connectivity index (χ3n) is 5.04. The number of rotatable bonds is 5.